The lowest BCUT2D eigenvalue weighted by atomic mass is 10.2. The summed E-state index contributed by atoms with van der Waals surface area (Å²) in [5.74, 6) is -0.192. The standard InChI is InChI=1S/C14H20N4O3/c1-16-14(20)18-10-4-2-3-9(7-10)17-13(19)12-6-5-11(8-15)21-12/h2-4,7,11-12H,5-6,8,15H2,1H3,(H,17,19)(H2,16,18,20)/t11-,12+/m1/s1. The number of carbonyl (C=O) groups excluding carboxylic acids is 2. The third kappa shape index (κ3) is 4.17. The zero-order valence-electron chi connectivity index (χ0n) is 11.9. The van der Waals surface area contributed by atoms with Crippen molar-refractivity contribution >= 4 is 23.3 Å². The second kappa shape index (κ2) is 7.05. The minimum absolute atomic E-state index is 0.0398. The minimum atomic E-state index is -0.464. The molecule has 1 fully saturated rings. The SMILES string of the molecule is CNC(=O)Nc1cccc(NC(=O)[C@@H]2CC[C@H](CN)O2)c1. The maximum atomic E-state index is 12.1. The van der Waals surface area contributed by atoms with E-state index < -0.39 is 6.10 Å². The normalized spacial score (nSPS) is 20.9. The summed E-state index contributed by atoms with van der Waals surface area (Å²) in [6.07, 6.45) is 0.965. The van der Waals surface area contributed by atoms with Crippen LogP contribution in [0.15, 0.2) is 24.3 Å². The van der Waals surface area contributed by atoms with Crippen molar-refractivity contribution in [3.8, 4) is 0 Å². The van der Waals surface area contributed by atoms with Crippen LogP contribution in [-0.4, -0.2) is 37.7 Å². The van der Waals surface area contributed by atoms with Gasteiger partial charge in [0.15, 0.2) is 0 Å². The molecule has 3 amide bonds. The molecule has 1 aliphatic heterocycles. The summed E-state index contributed by atoms with van der Waals surface area (Å²) in [7, 11) is 1.53. The third-order valence-electron chi connectivity index (χ3n) is 3.28. The second-order valence-electron chi connectivity index (χ2n) is 4.83. The quantitative estimate of drug-likeness (QED) is 0.661. The average molecular weight is 292 g/mol. The number of nitrogens with two attached hydrogens (primary N) is 1. The van der Waals surface area contributed by atoms with Gasteiger partial charge in [-0.25, -0.2) is 4.79 Å². The number of hydrogen-bond acceptors (Lipinski definition) is 4. The fourth-order valence-electron chi connectivity index (χ4n) is 2.16. The summed E-state index contributed by atoms with van der Waals surface area (Å²) in [6, 6.07) is 6.61. The number of benzene rings is 1. The maximum absolute atomic E-state index is 12.1. The van der Waals surface area contributed by atoms with Gasteiger partial charge in [0.1, 0.15) is 6.10 Å². The molecule has 5 N–H and O–H groups in total. The van der Waals surface area contributed by atoms with E-state index in [1.165, 1.54) is 7.05 Å². The average Bonchev–Trinajstić information content (AvgIpc) is 2.96. The molecule has 7 nitrogen and oxygen atoms in total. The van der Waals surface area contributed by atoms with Crippen LogP contribution in [0.5, 0.6) is 0 Å². The van der Waals surface area contributed by atoms with Crippen LogP contribution in [0, 0.1) is 0 Å². The van der Waals surface area contributed by atoms with E-state index in [4.69, 9.17) is 10.5 Å². The number of rotatable bonds is 4. The van der Waals surface area contributed by atoms with Crippen molar-refractivity contribution in [2.75, 3.05) is 24.2 Å². The maximum Gasteiger partial charge on any atom is 0.318 e. The Morgan fingerprint density at radius 3 is 2.62 bits per heavy atom. The van der Waals surface area contributed by atoms with Gasteiger partial charge in [0.25, 0.3) is 5.91 Å². The lowest BCUT2D eigenvalue weighted by molar-refractivity contribution is -0.126. The fourth-order valence-corrected chi connectivity index (χ4v) is 2.16. The van der Waals surface area contributed by atoms with Crippen LogP contribution in [0.1, 0.15) is 12.8 Å². The first-order chi connectivity index (χ1) is 10.1. The van der Waals surface area contributed by atoms with E-state index in [0.29, 0.717) is 24.3 Å². The summed E-state index contributed by atoms with van der Waals surface area (Å²) in [6.45, 7) is 0.426. The van der Waals surface area contributed by atoms with Crippen LogP contribution in [0.25, 0.3) is 0 Å². The number of carbonyl (C=O) groups is 2. The van der Waals surface area contributed by atoms with Gasteiger partial charge in [0.2, 0.25) is 0 Å². The third-order valence-corrected chi connectivity index (χ3v) is 3.28. The van der Waals surface area contributed by atoms with Crippen molar-refractivity contribution in [2.24, 2.45) is 5.73 Å². The lowest BCUT2D eigenvalue weighted by Crippen LogP contribution is -2.29. The number of urea groups is 1. The molecular formula is C14H20N4O3. The van der Waals surface area contributed by atoms with Crippen LogP contribution in [0.4, 0.5) is 16.2 Å². The van der Waals surface area contributed by atoms with Gasteiger partial charge in [0.05, 0.1) is 6.10 Å². The molecule has 114 valence electrons. The summed E-state index contributed by atoms with van der Waals surface area (Å²) < 4.78 is 5.54. The predicted molar refractivity (Wildman–Crippen MR) is 80.1 cm³/mol. The Kier molecular flexibility index (Phi) is 5.13. The Hall–Kier alpha value is -2.12. The molecule has 1 aromatic carbocycles. The summed E-state index contributed by atoms with van der Waals surface area (Å²) in [5, 5.41) is 7.89. The molecule has 0 aromatic heterocycles. The highest BCUT2D eigenvalue weighted by Gasteiger charge is 2.29. The van der Waals surface area contributed by atoms with Crippen LogP contribution in [0.3, 0.4) is 0 Å². The fraction of sp³-hybridized carbons (Fsp3) is 0.429. The zero-order chi connectivity index (χ0) is 15.2. The van der Waals surface area contributed by atoms with Gasteiger partial charge in [-0.3, -0.25) is 4.79 Å². The highest BCUT2D eigenvalue weighted by Crippen LogP contribution is 2.21. The molecule has 1 aromatic rings. The Morgan fingerprint density at radius 2 is 2.00 bits per heavy atom. The largest absolute Gasteiger partial charge is 0.364 e. The molecule has 0 radical (unpaired) electrons. The monoisotopic (exact) mass is 292 g/mol. The first-order valence-electron chi connectivity index (χ1n) is 6.87. The van der Waals surface area contributed by atoms with E-state index in [2.05, 4.69) is 16.0 Å². The van der Waals surface area contributed by atoms with Gasteiger partial charge in [-0.1, -0.05) is 6.07 Å². The van der Waals surface area contributed by atoms with Gasteiger partial charge in [0, 0.05) is 25.0 Å². The number of anilines is 2. The number of hydrogen-bond donors (Lipinski definition) is 4. The molecular weight excluding hydrogens is 272 g/mol. The lowest BCUT2D eigenvalue weighted by Gasteiger charge is -2.13. The molecule has 0 bridgehead atoms. The number of nitrogens with one attached hydrogen (secondary N) is 3. The van der Waals surface area contributed by atoms with E-state index in [-0.39, 0.29) is 18.0 Å². The van der Waals surface area contributed by atoms with Gasteiger partial charge in [-0.05, 0) is 31.0 Å². The molecule has 2 rings (SSSR count). The van der Waals surface area contributed by atoms with Crippen molar-refractivity contribution in [3.05, 3.63) is 24.3 Å². The van der Waals surface area contributed by atoms with Crippen LogP contribution in [-0.2, 0) is 9.53 Å². The Labute approximate surface area is 123 Å². The van der Waals surface area contributed by atoms with Gasteiger partial charge in [-0.2, -0.15) is 0 Å². The smallest absolute Gasteiger partial charge is 0.318 e. The number of ether oxygens (including phenoxy) is 1. The topological polar surface area (TPSA) is 105 Å². The van der Waals surface area contributed by atoms with Crippen LogP contribution >= 0.6 is 0 Å². The molecule has 0 saturated carbocycles. The van der Waals surface area contributed by atoms with Crippen molar-refractivity contribution in [1.29, 1.82) is 0 Å². The van der Waals surface area contributed by atoms with Crippen molar-refractivity contribution in [1.82, 2.24) is 5.32 Å². The Morgan fingerprint density at radius 1 is 1.29 bits per heavy atom. The Balaban J connectivity index is 1.95. The molecule has 1 heterocycles. The molecule has 2 atom stereocenters. The summed E-state index contributed by atoms with van der Waals surface area (Å²) in [5.41, 5.74) is 6.73. The highest BCUT2D eigenvalue weighted by molar-refractivity contribution is 5.95. The van der Waals surface area contributed by atoms with Crippen molar-refractivity contribution < 1.29 is 14.3 Å². The van der Waals surface area contributed by atoms with Gasteiger partial charge >= 0.3 is 6.03 Å². The highest BCUT2D eigenvalue weighted by atomic mass is 16.5. The first-order valence-corrected chi connectivity index (χ1v) is 6.87. The Bertz CT molecular complexity index is 521. The van der Waals surface area contributed by atoms with Gasteiger partial charge in [-0.15, -0.1) is 0 Å². The summed E-state index contributed by atoms with van der Waals surface area (Å²) >= 11 is 0. The molecule has 0 unspecified atom stereocenters. The van der Waals surface area contributed by atoms with E-state index in [1.54, 1.807) is 24.3 Å². The molecule has 1 saturated heterocycles. The van der Waals surface area contributed by atoms with E-state index >= 15 is 0 Å². The second-order valence-corrected chi connectivity index (χ2v) is 4.83. The molecule has 0 aliphatic carbocycles. The van der Waals surface area contributed by atoms with E-state index in [1.807, 2.05) is 0 Å². The van der Waals surface area contributed by atoms with Crippen molar-refractivity contribution in [2.45, 2.75) is 25.0 Å². The van der Waals surface area contributed by atoms with E-state index in [9.17, 15) is 9.59 Å². The molecule has 21 heavy (non-hydrogen) atoms. The first kappa shape index (κ1) is 15.3. The van der Waals surface area contributed by atoms with Crippen LogP contribution < -0.4 is 21.7 Å². The zero-order valence-corrected chi connectivity index (χ0v) is 11.9. The molecule has 7 heteroatoms. The number of amides is 3. The minimum Gasteiger partial charge on any atom is -0.364 e. The molecule has 1 aliphatic rings. The van der Waals surface area contributed by atoms with E-state index in [0.717, 1.165) is 6.42 Å². The molecule has 0 spiro atoms. The van der Waals surface area contributed by atoms with Crippen molar-refractivity contribution in [3.63, 3.8) is 0 Å². The van der Waals surface area contributed by atoms with Crippen LogP contribution in [0.2, 0.25) is 0 Å². The predicted octanol–water partition coefficient (Wildman–Crippen LogP) is 0.883. The summed E-state index contributed by atoms with van der Waals surface area (Å²) in [4.78, 5) is 23.3. The van der Waals surface area contributed by atoms with Gasteiger partial charge < -0.3 is 26.4 Å².